The highest BCUT2D eigenvalue weighted by Crippen LogP contribution is 2.29. The van der Waals surface area contributed by atoms with Gasteiger partial charge in [0.2, 0.25) is 16.9 Å². The molecule has 0 spiro atoms. The Kier molecular flexibility index (Phi) is 6.87. The number of nitrogens with zero attached hydrogens (tertiary/aromatic N) is 3. The van der Waals surface area contributed by atoms with E-state index in [9.17, 15) is 14.4 Å². The molecule has 3 rings (SSSR count). The van der Waals surface area contributed by atoms with E-state index >= 15 is 0 Å². The van der Waals surface area contributed by atoms with E-state index in [0.717, 1.165) is 0 Å². The smallest absolute Gasteiger partial charge is 0.316 e. The molecule has 8 nitrogen and oxygen atoms in total. The highest BCUT2D eigenvalue weighted by molar-refractivity contribution is 8.01. The van der Waals surface area contributed by atoms with Crippen molar-refractivity contribution in [3.8, 4) is 0 Å². The number of esters is 1. The normalized spacial score (nSPS) is 16.3. The molecule has 2 amide bonds. The van der Waals surface area contributed by atoms with E-state index in [2.05, 4.69) is 15.5 Å². The molecule has 0 radical (unpaired) electrons. The fraction of sp³-hybridized carbons (Fsp3) is 0.353. The van der Waals surface area contributed by atoms with Gasteiger partial charge in [-0.3, -0.25) is 14.4 Å². The van der Waals surface area contributed by atoms with Crippen LogP contribution < -0.4 is 10.2 Å². The van der Waals surface area contributed by atoms with Crippen LogP contribution in [0.15, 0.2) is 28.6 Å². The van der Waals surface area contributed by atoms with Gasteiger partial charge in [-0.15, -0.1) is 10.2 Å². The van der Waals surface area contributed by atoms with Crippen molar-refractivity contribution in [2.24, 2.45) is 5.92 Å². The maximum atomic E-state index is 12.5. The number of hydrogen-bond acceptors (Lipinski definition) is 8. The number of halogens is 1. The Morgan fingerprint density at radius 1 is 1.43 bits per heavy atom. The molecule has 1 N–H and O–H groups in total. The Morgan fingerprint density at radius 2 is 2.25 bits per heavy atom. The molecule has 1 atom stereocenters. The second kappa shape index (κ2) is 9.35. The van der Waals surface area contributed by atoms with Gasteiger partial charge in [0.15, 0.2) is 4.34 Å². The fourth-order valence-corrected chi connectivity index (χ4v) is 4.36. The number of rotatable bonds is 7. The molecule has 0 saturated carbocycles. The molecule has 28 heavy (non-hydrogen) atoms. The first-order chi connectivity index (χ1) is 13.5. The summed E-state index contributed by atoms with van der Waals surface area (Å²) in [7, 11) is 0. The number of aromatic nitrogens is 2. The van der Waals surface area contributed by atoms with Crippen molar-refractivity contribution >= 4 is 63.3 Å². The van der Waals surface area contributed by atoms with Gasteiger partial charge in [0, 0.05) is 23.7 Å². The average molecular weight is 441 g/mol. The molecule has 148 valence electrons. The van der Waals surface area contributed by atoms with Crippen LogP contribution in [0.3, 0.4) is 0 Å². The molecule has 1 unspecified atom stereocenters. The van der Waals surface area contributed by atoms with Crippen LogP contribution in [0.25, 0.3) is 0 Å². The summed E-state index contributed by atoms with van der Waals surface area (Å²) in [5, 5.41) is 11.4. The molecule has 1 aliphatic heterocycles. The number of carbonyl (C=O) groups excluding carboxylic acids is 3. The summed E-state index contributed by atoms with van der Waals surface area (Å²) in [6, 6.07) is 6.96. The van der Waals surface area contributed by atoms with E-state index in [4.69, 9.17) is 16.3 Å². The number of thioether (sulfide) groups is 1. The van der Waals surface area contributed by atoms with E-state index in [1.807, 2.05) is 0 Å². The van der Waals surface area contributed by atoms with Crippen molar-refractivity contribution < 1.29 is 19.1 Å². The molecule has 1 fully saturated rings. The number of ether oxygens (including phenoxy) is 1. The minimum atomic E-state index is -0.494. The molecule has 2 heterocycles. The van der Waals surface area contributed by atoms with Crippen molar-refractivity contribution in [1.29, 1.82) is 0 Å². The molecule has 0 aliphatic carbocycles. The van der Waals surface area contributed by atoms with Gasteiger partial charge in [-0.2, -0.15) is 0 Å². The number of amides is 2. The predicted molar refractivity (Wildman–Crippen MR) is 108 cm³/mol. The lowest BCUT2D eigenvalue weighted by molar-refractivity contribution is -0.139. The number of hydrogen-bond donors (Lipinski definition) is 1. The zero-order chi connectivity index (χ0) is 20.1. The molecular weight excluding hydrogens is 424 g/mol. The van der Waals surface area contributed by atoms with E-state index in [-0.39, 0.29) is 36.5 Å². The molecular formula is C17H17ClN4O4S2. The van der Waals surface area contributed by atoms with Crippen LogP contribution in [0.1, 0.15) is 13.3 Å². The van der Waals surface area contributed by atoms with Gasteiger partial charge in [-0.1, -0.05) is 40.8 Å². The highest BCUT2D eigenvalue weighted by atomic mass is 35.5. The quantitative estimate of drug-likeness (QED) is 0.401. The Morgan fingerprint density at radius 3 is 3.00 bits per heavy atom. The summed E-state index contributed by atoms with van der Waals surface area (Å²) < 4.78 is 5.40. The Balaban J connectivity index is 1.55. The highest BCUT2D eigenvalue weighted by Gasteiger charge is 2.35. The van der Waals surface area contributed by atoms with Gasteiger partial charge in [0.1, 0.15) is 0 Å². The minimum Gasteiger partial charge on any atom is -0.465 e. The van der Waals surface area contributed by atoms with Gasteiger partial charge >= 0.3 is 5.97 Å². The van der Waals surface area contributed by atoms with Gasteiger partial charge in [-0.25, -0.2) is 0 Å². The third kappa shape index (κ3) is 5.21. The summed E-state index contributed by atoms with van der Waals surface area (Å²) in [6.45, 7) is 2.33. The summed E-state index contributed by atoms with van der Waals surface area (Å²) in [6.07, 6.45) is 0.113. The average Bonchev–Trinajstić information content (AvgIpc) is 3.27. The van der Waals surface area contributed by atoms with Crippen molar-refractivity contribution in [3.63, 3.8) is 0 Å². The second-order valence-electron chi connectivity index (χ2n) is 5.84. The van der Waals surface area contributed by atoms with Crippen LogP contribution in [0, 0.1) is 5.92 Å². The number of benzene rings is 1. The lowest BCUT2D eigenvalue weighted by Crippen LogP contribution is -2.28. The van der Waals surface area contributed by atoms with Crippen molar-refractivity contribution in [1.82, 2.24) is 10.2 Å². The minimum absolute atomic E-state index is 0.113. The second-order valence-corrected chi connectivity index (χ2v) is 8.48. The fourth-order valence-electron chi connectivity index (χ4n) is 2.63. The first kappa shape index (κ1) is 20.6. The van der Waals surface area contributed by atoms with E-state index < -0.39 is 5.92 Å². The van der Waals surface area contributed by atoms with Crippen molar-refractivity contribution in [3.05, 3.63) is 29.3 Å². The van der Waals surface area contributed by atoms with Crippen LogP contribution in [0.2, 0.25) is 5.02 Å². The van der Waals surface area contributed by atoms with Crippen molar-refractivity contribution in [2.45, 2.75) is 17.7 Å². The summed E-state index contributed by atoms with van der Waals surface area (Å²) in [5.41, 5.74) is 0.668. The first-order valence-corrected chi connectivity index (χ1v) is 10.6. The van der Waals surface area contributed by atoms with Gasteiger partial charge in [0.25, 0.3) is 0 Å². The lowest BCUT2D eigenvalue weighted by atomic mass is 10.1. The number of nitrogens with one attached hydrogen (secondary N) is 1. The molecule has 1 saturated heterocycles. The topological polar surface area (TPSA) is 101 Å². The SMILES string of the molecule is CCOC(=O)CSc1nnc(NC(=O)C2CC(=O)N(c3cccc(Cl)c3)C2)s1. The van der Waals surface area contributed by atoms with Crippen LogP contribution in [-0.2, 0) is 19.1 Å². The Labute approximate surface area is 174 Å². The Bertz CT molecular complexity index is 892. The summed E-state index contributed by atoms with van der Waals surface area (Å²) >= 11 is 8.34. The Hall–Kier alpha value is -2.17. The zero-order valence-corrected chi connectivity index (χ0v) is 17.3. The zero-order valence-electron chi connectivity index (χ0n) is 14.9. The van der Waals surface area contributed by atoms with Gasteiger partial charge < -0.3 is 15.0 Å². The molecule has 0 bridgehead atoms. The number of anilines is 2. The van der Waals surface area contributed by atoms with E-state index in [1.165, 1.54) is 23.1 Å². The summed E-state index contributed by atoms with van der Waals surface area (Å²) in [4.78, 5) is 37.7. The predicted octanol–water partition coefficient (Wildman–Crippen LogP) is 2.84. The van der Waals surface area contributed by atoms with Crippen LogP contribution >= 0.6 is 34.7 Å². The van der Waals surface area contributed by atoms with E-state index in [1.54, 1.807) is 36.1 Å². The molecule has 2 aromatic rings. The van der Waals surface area contributed by atoms with Crippen LogP contribution in [-0.4, -0.2) is 46.9 Å². The van der Waals surface area contributed by atoms with Crippen molar-refractivity contribution in [2.75, 3.05) is 29.1 Å². The third-order valence-electron chi connectivity index (χ3n) is 3.87. The molecule has 1 aliphatic rings. The monoisotopic (exact) mass is 440 g/mol. The van der Waals surface area contributed by atoms with E-state index in [0.29, 0.717) is 26.8 Å². The largest absolute Gasteiger partial charge is 0.465 e. The first-order valence-electron chi connectivity index (χ1n) is 8.45. The standard InChI is InChI=1S/C17H17ClN4O4S2/c1-2-26-14(24)9-27-17-21-20-16(28-17)19-15(25)10-6-13(23)22(8-10)12-5-3-4-11(18)7-12/h3-5,7,10H,2,6,8-9H2,1H3,(H,19,20,25). The molecule has 1 aromatic carbocycles. The molecule has 1 aromatic heterocycles. The van der Waals surface area contributed by atoms with Crippen LogP contribution in [0.5, 0.6) is 0 Å². The lowest BCUT2D eigenvalue weighted by Gasteiger charge is -2.16. The van der Waals surface area contributed by atoms with Crippen LogP contribution in [0.4, 0.5) is 10.8 Å². The summed E-state index contributed by atoms with van der Waals surface area (Å²) in [5.74, 6) is -1.13. The third-order valence-corrected chi connectivity index (χ3v) is 6.05. The number of carbonyl (C=O) groups is 3. The van der Waals surface area contributed by atoms with Gasteiger partial charge in [0.05, 0.1) is 18.3 Å². The maximum absolute atomic E-state index is 12.5. The van der Waals surface area contributed by atoms with Gasteiger partial charge in [-0.05, 0) is 25.1 Å². The maximum Gasteiger partial charge on any atom is 0.316 e. The molecule has 11 heteroatoms.